The van der Waals surface area contributed by atoms with Crippen LogP contribution in [0.3, 0.4) is 0 Å². The number of benzene rings is 1. The zero-order valence-corrected chi connectivity index (χ0v) is 28.6. The predicted octanol–water partition coefficient (Wildman–Crippen LogP) is 9.11. The van der Waals surface area contributed by atoms with Crippen molar-refractivity contribution >= 4 is 12.0 Å². The fraction of sp³-hybridized carbons (Fsp3) is 0.775. The molecule has 5 unspecified atom stereocenters. The van der Waals surface area contributed by atoms with Crippen LogP contribution >= 0.6 is 0 Å². The van der Waals surface area contributed by atoms with E-state index in [0.29, 0.717) is 47.2 Å². The molecule has 0 bridgehead atoms. The first-order valence-corrected chi connectivity index (χ1v) is 18.0. The van der Waals surface area contributed by atoms with Gasteiger partial charge in [0.05, 0.1) is 19.3 Å². The minimum atomic E-state index is -0.219. The lowest BCUT2D eigenvalue weighted by atomic mass is 9.32. The lowest BCUT2D eigenvalue weighted by Gasteiger charge is -2.73. The summed E-state index contributed by atoms with van der Waals surface area (Å²) in [6, 6.07) is 10.2. The van der Waals surface area contributed by atoms with Gasteiger partial charge in [0.25, 0.3) is 0 Å². The molecular formula is C40H60O4. The summed E-state index contributed by atoms with van der Waals surface area (Å²) in [5.74, 6) is 3.18. The standard InChI is InChI=1S/C40H60O4/c1-7-29-17-22-40(27-44-34(42)26-43-25-11-14-28-12-9-8-10-13-28)24-23-38(5)30(35(29)40)15-16-32-37(4)20-19-33(41)36(2,3)31(37)18-21-39(32,38)6/h8-14,29-33,35,41H,7,15-27H2,1-6H3/b14-11+/t29-,30?,31?,32?,33+,35?,37+,38-,39-,40?/m1/s1. The number of ether oxygens (including phenoxy) is 2. The Bertz CT molecular complexity index is 1210. The van der Waals surface area contributed by atoms with Gasteiger partial charge in [0.2, 0.25) is 0 Å². The molecule has 4 heteroatoms. The van der Waals surface area contributed by atoms with Crippen LogP contribution < -0.4 is 0 Å². The molecule has 0 amide bonds. The van der Waals surface area contributed by atoms with E-state index in [1.807, 2.05) is 30.4 Å². The highest BCUT2D eigenvalue weighted by Gasteiger charge is 2.70. The molecule has 0 aliphatic heterocycles. The summed E-state index contributed by atoms with van der Waals surface area (Å²) in [4.78, 5) is 12.9. The van der Waals surface area contributed by atoms with E-state index in [0.717, 1.165) is 23.8 Å². The van der Waals surface area contributed by atoms with Crippen LogP contribution in [0.15, 0.2) is 36.4 Å². The van der Waals surface area contributed by atoms with Crippen molar-refractivity contribution in [3.63, 3.8) is 0 Å². The van der Waals surface area contributed by atoms with Crippen LogP contribution in [0.1, 0.15) is 118 Å². The number of aliphatic hydroxyl groups is 1. The average Bonchev–Trinajstić information content (AvgIpc) is 3.38. The molecule has 0 saturated heterocycles. The third-order valence-corrected chi connectivity index (χ3v) is 15.3. The van der Waals surface area contributed by atoms with Gasteiger partial charge in [-0.25, -0.2) is 4.79 Å². The third kappa shape index (κ3) is 5.04. The maximum Gasteiger partial charge on any atom is 0.332 e. The summed E-state index contributed by atoms with van der Waals surface area (Å²) in [5.41, 5.74) is 2.20. The van der Waals surface area contributed by atoms with E-state index >= 15 is 0 Å². The van der Waals surface area contributed by atoms with E-state index in [1.165, 1.54) is 64.2 Å². The zero-order chi connectivity index (χ0) is 31.4. The summed E-state index contributed by atoms with van der Waals surface area (Å²) in [5, 5.41) is 11.0. The van der Waals surface area contributed by atoms with Gasteiger partial charge in [-0.3, -0.25) is 0 Å². The molecule has 5 aliphatic carbocycles. The second-order valence-electron chi connectivity index (χ2n) is 17.1. The van der Waals surface area contributed by atoms with E-state index in [1.54, 1.807) is 0 Å². The van der Waals surface area contributed by atoms with Gasteiger partial charge in [0.1, 0.15) is 6.61 Å². The van der Waals surface area contributed by atoms with E-state index in [-0.39, 0.29) is 29.5 Å². The molecule has 5 aliphatic rings. The minimum Gasteiger partial charge on any atom is -0.463 e. The van der Waals surface area contributed by atoms with Gasteiger partial charge in [-0.05, 0) is 121 Å². The number of hydrogen-bond acceptors (Lipinski definition) is 4. The van der Waals surface area contributed by atoms with Crippen molar-refractivity contribution in [1.82, 2.24) is 0 Å². The van der Waals surface area contributed by atoms with Crippen molar-refractivity contribution in [3.05, 3.63) is 42.0 Å². The Labute approximate surface area is 267 Å². The lowest BCUT2D eigenvalue weighted by molar-refractivity contribution is -0.250. The van der Waals surface area contributed by atoms with Gasteiger partial charge in [-0.2, -0.15) is 0 Å². The molecule has 5 saturated carbocycles. The molecule has 1 N–H and O–H groups in total. The van der Waals surface area contributed by atoms with Crippen LogP contribution in [0.2, 0.25) is 0 Å². The number of esters is 1. The molecule has 0 aromatic heterocycles. The fourth-order valence-electron chi connectivity index (χ4n) is 12.8. The molecule has 5 fully saturated rings. The Balaban J connectivity index is 1.15. The van der Waals surface area contributed by atoms with Crippen molar-refractivity contribution in [3.8, 4) is 0 Å². The van der Waals surface area contributed by atoms with Crippen molar-refractivity contribution < 1.29 is 19.4 Å². The molecule has 10 atom stereocenters. The predicted molar refractivity (Wildman–Crippen MR) is 178 cm³/mol. The topological polar surface area (TPSA) is 55.8 Å². The van der Waals surface area contributed by atoms with Crippen molar-refractivity contribution in [1.29, 1.82) is 0 Å². The first kappa shape index (κ1) is 32.3. The van der Waals surface area contributed by atoms with Crippen LogP contribution in [0.25, 0.3) is 6.08 Å². The van der Waals surface area contributed by atoms with Crippen LogP contribution in [0.4, 0.5) is 0 Å². The molecule has 0 heterocycles. The van der Waals surface area contributed by atoms with Crippen LogP contribution in [-0.2, 0) is 14.3 Å². The summed E-state index contributed by atoms with van der Waals surface area (Å²) < 4.78 is 11.8. The summed E-state index contributed by atoms with van der Waals surface area (Å²) in [6.45, 7) is 16.1. The maximum atomic E-state index is 12.9. The number of rotatable bonds is 8. The van der Waals surface area contributed by atoms with Gasteiger partial charge in [0.15, 0.2) is 0 Å². The molecule has 0 radical (unpaired) electrons. The minimum absolute atomic E-state index is 0.00165. The fourth-order valence-corrected chi connectivity index (χ4v) is 12.8. The van der Waals surface area contributed by atoms with Gasteiger partial charge in [0, 0.05) is 5.41 Å². The summed E-state index contributed by atoms with van der Waals surface area (Å²) >= 11 is 0. The molecule has 0 spiro atoms. The first-order chi connectivity index (χ1) is 20.9. The Morgan fingerprint density at radius 3 is 2.41 bits per heavy atom. The van der Waals surface area contributed by atoms with Crippen LogP contribution in [0, 0.1) is 56.7 Å². The van der Waals surface area contributed by atoms with Crippen LogP contribution in [-0.4, -0.2) is 37.0 Å². The van der Waals surface area contributed by atoms with Gasteiger partial charge < -0.3 is 14.6 Å². The average molecular weight is 605 g/mol. The highest BCUT2D eigenvalue weighted by atomic mass is 16.6. The number of hydrogen-bond donors (Lipinski definition) is 1. The van der Waals surface area contributed by atoms with E-state index < -0.39 is 0 Å². The van der Waals surface area contributed by atoms with Crippen LogP contribution in [0.5, 0.6) is 0 Å². The van der Waals surface area contributed by atoms with Gasteiger partial charge >= 0.3 is 5.97 Å². The first-order valence-electron chi connectivity index (χ1n) is 18.0. The number of fused-ring (bicyclic) bond motifs is 7. The van der Waals surface area contributed by atoms with Crippen molar-refractivity contribution in [2.45, 2.75) is 118 Å². The molecule has 1 aromatic rings. The lowest BCUT2D eigenvalue weighted by Crippen LogP contribution is -2.66. The van der Waals surface area contributed by atoms with E-state index in [9.17, 15) is 9.90 Å². The highest BCUT2D eigenvalue weighted by Crippen LogP contribution is 2.77. The van der Waals surface area contributed by atoms with Gasteiger partial charge in [-0.1, -0.05) is 90.4 Å². The zero-order valence-electron chi connectivity index (χ0n) is 28.6. The molecule has 1 aromatic carbocycles. The summed E-state index contributed by atoms with van der Waals surface area (Å²) in [7, 11) is 0. The quantitative estimate of drug-likeness (QED) is 0.238. The second kappa shape index (κ2) is 11.9. The van der Waals surface area contributed by atoms with Crippen molar-refractivity contribution in [2.75, 3.05) is 19.8 Å². The number of carbonyl (C=O) groups is 1. The monoisotopic (exact) mass is 604 g/mol. The van der Waals surface area contributed by atoms with E-state index in [4.69, 9.17) is 9.47 Å². The highest BCUT2D eigenvalue weighted by molar-refractivity contribution is 5.70. The molecule has 44 heavy (non-hydrogen) atoms. The van der Waals surface area contributed by atoms with Crippen molar-refractivity contribution in [2.24, 2.45) is 56.7 Å². The molecule has 244 valence electrons. The second-order valence-corrected chi connectivity index (χ2v) is 17.1. The SMILES string of the molecule is CC[C@@H]1CCC2(COC(=O)COC/C=C/c3ccccc3)CC[C@]3(C)C(CCC4[C@@]5(C)CC[C@H](O)C(C)(C)C5CC[C@]43C)C12. The number of aliphatic hydroxyl groups excluding tert-OH is 1. The summed E-state index contributed by atoms with van der Waals surface area (Å²) in [6.07, 6.45) is 17.3. The molecule has 6 rings (SSSR count). The largest absolute Gasteiger partial charge is 0.463 e. The number of carbonyl (C=O) groups excluding carboxylic acids is 1. The maximum absolute atomic E-state index is 12.9. The Kier molecular flexibility index (Phi) is 8.70. The Morgan fingerprint density at radius 2 is 1.66 bits per heavy atom. The normalized spacial score (nSPS) is 44.3. The van der Waals surface area contributed by atoms with Gasteiger partial charge in [-0.15, -0.1) is 0 Å². The third-order valence-electron chi connectivity index (χ3n) is 15.3. The smallest absolute Gasteiger partial charge is 0.332 e. The molecular weight excluding hydrogens is 544 g/mol. The Morgan fingerprint density at radius 1 is 0.886 bits per heavy atom. The van der Waals surface area contributed by atoms with E-state index in [2.05, 4.69) is 53.7 Å². The molecule has 4 nitrogen and oxygen atoms in total. The Hall–Kier alpha value is -1.65.